The fraction of sp³-hybridized carbons (Fsp3) is 0.679. The Balaban J connectivity index is 1.53. The van der Waals surface area contributed by atoms with E-state index in [0.717, 1.165) is 36.3 Å². The molecule has 3 amide bonds. The van der Waals surface area contributed by atoms with Crippen molar-refractivity contribution < 1.29 is 52.5 Å². The summed E-state index contributed by atoms with van der Waals surface area (Å²) in [6, 6.07) is 4.81. The van der Waals surface area contributed by atoms with E-state index in [1.165, 1.54) is 0 Å². The summed E-state index contributed by atoms with van der Waals surface area (Å²) in [6.45, 7) is 24.7. The Bertz CT molecular complexity index is 2220. The van der Waals surface area contributed by atoms with Crippen LogP contribution in [0.15, 0.2) is 42.9 Å². The van der Waals surface area contributed by atoms with E-state index in [4.69, 9.17) is 29.4 Å². The molecule has 2 aromatic heterocycles. The summed E-state index contributed by atoms with van der Waals surface area (Å²) in [6.07, 6.45) is 9.66. The molecule has 74 heavy (non-hydrogen) atoms. The number of carbonyl (C=O) groups is 6. The zero-order valence-electron chi connectivity index (χ0n) is 46.2. The number of urea groups is 1. The van der Waals surface area contributed by atoms with Crippen molar-refractivity contribution in [1.29, 1.82) is 0 Å². The minimum atomic E-state index is -1.20. The van der Waals surface area contributed by atoms with Gasteiger partial charge in [0.2, 0.25) is 5.91 Å². The van der Waals surface area contributed by atoms with Crippen LogP contribution in [-0.4, -0.2) is 119 Å². The second-order valence-corrected chi connectivity index (χ2v) is 22.4. The van der Waals surface area contributed by atoms with E-state index in [1.807, 2.05) is 55.8 Å². The Morgan fingerprint density at radius 1 is 0.689 bits per heavy atom. The van der Waals surface area contributed by atoms with Crippen LogP contribution in [0.2, 0.25) is 0 Å². The molecule has 2 unspecified atom stereocenters. The van der Waals surface area contributed by atoms with Gasteiger partial charge in [0.25, 0.3) is 0 Å². The fourth-order valence-corrected chi connectivity index (χ4v) is 7.28. The molecule has 0 radical (unpaired) electrons. The number of benzene rings is 1. The van der Waals surface area contributed by atoms with Gasteiger partial charge in [-0.25, -0.2) is 19.4 Å². The van der Waals surface area contributed by atoms with Crippen LogP contribution in [0.25, 0.3) is 0 Å². The number of aromatic nitrogens is 5. The highest BCUT2D eigenvalue weighted by atomic mass is 16.6. The maximum atomic E-state index is 13.3. The highest BCUT2D eigenvalue weighted by Crippen LogP contribution is 2.19. The molecule has 0 aliphatic rings. The Hall–Kier alpha value is -6.09. The standard InChI is InChI=1S/C53H86N10O11/c1-50(2,3)71-45(65)26-25-42(48(68)74-53(10,11)12)58-49(69)57-41(47(67)73-52(7,8)9)19-15-16-28-56-44(64)20-14-13-17-30-61(35-43-55-29-32-62(43)36-46(66)72-51(4,5)6)33-38-21-23-40(24-22-38)70-37-39-34-63(60-59-39)31-18-27-54/h21-24,29,32,34,41-42H,13-20,25-28,30-31,33,35-37,54H2,1-12H3,(H,56,64)(H2,57,58,69). The summed E-state index contributed by atoms with van der Waals surface area (Å²) in [5.74, 6) is -0.943. The number of carbonyl (C=O) groups excluding carboxylic acids is 6. The van der Waals surface area contributed by atoms with Crippen LogP contribution in [-0.2, 0) is 75.7 Å². The third-order valence-electron chi connectivity index (χ3n) is 10.5. The summed E-state index contributed by atoms with van der Waals surface area (Å²) in [5.41, 5.74) is 4.35. The first-order valence-corrected chi connectivity index (χ1v) is 25.8. The zero-order valence-corrected chi connectivity index (χ0v) is 46.2. The number of aryl methyl sites for hydroxylation is 1. The molecule has 21 nitrogen and oxygen atoms in total. The van der Waals surface area contributed by atoms with Gasteiger partial charge >= 0.3 is 29.9 Å². The summed E-state index contributed by atoms with van der Waals surface area (Å²) in [4.78, 5) is 84.7. The third-order valence-corrected chi connectivity index (χ3v) is 10.5. The Labute approximate surface area is 438 Å². The average Bonchev–Trinajstić information content (AvgIpc) is 3.92. The van der Waals surface area contributed by atoms with Crippen molar-refractivity contribution in [3.63, 3.8) is 0 Å². The number of nitrogens with one attached hydrogen (secondary N) is 3. The lowest BCUT2D eigenvalue weighted by Gasteiger charge is -2.27. The third kappa shape index (κ3) is 27.3. The highest BCUT2D eigenvalue weighted by Gasteiger charge is 2.31. The summed E-state index contributed by atoms with van der Waals surface area (Å²) < 4.78 is 31.6. The van der Waals surface area contributed by atoms with E-state index in [1.54, 1.807) is 79.4 Å². The minimum absolute atomic E-state index is 0.0401. The van der Waals surface area contributed by atoms with Gasteiger partial charge in [-0.2, -0.15) is 0 Å². The van der Waals surface area contributed by atoms with Crippen LogP contribution in [0.3, 0.4) is 0 Å². The van der Waals surface area contributed by atoms with Crippen molar-refractivity contribution >= 4 is 35.8 Å². The molecule has 0 bridgehead atoms. The van der Waals surface area contributed by atoms with E-state index < -0.39 is 58.4 Å². The SMILES string of the molecule is CC(C)(C)OC(=O)CCC(NC(=O)NC(CCCCNC(=O)CCCCCN(Cc1ccc(OCc2cn(CCCN)nn2)cc1)Cc1nccn1CC(=O)OC(C)(C)C)C(=O)OC(C)(C)C)C(=O)OC(C)(C)C. The minimum Gasteiger partial charge on any atom is -0.487 e. The molecule has 21 heteroatoms. The van der Waals surface area contributed by atoms with Crippen molar-refractivity contribution in [2.24, 2.45) is 5.73 Å². The van der Waals surface area contributed by atoms with Gasteiger partial charge in [-0.3, -0.25) is 24.0 Å². The predicted molar refractivity (Wildman–Crippen MR) is 278 cm³/mol. The van der Waals surface area contributed by atoms with Crippen molar-refractivity contribution in [2.45, 2.75) is 215 Å². The summed E-state index contributed by atoms with van der Waals surface area (Å²) in [7, 11) is 0. The van der Waals surface area contributed by atoms with Crippen LogP contribution in [0.4, 0.5) is 4.79 Å². The van der Waals surface area contributed by atoms with Crippen LogP contribution < -0.4 is 26.4 Å². The number of rotatable bonds is 30. The number of amides is 3. The number of unbranched alkanes of at least 4 members (excludes halogenated alkanes) is 3. The fourth-order valence-electron chi connectivity index (χ4n) is 7.28. The van der Waals surface area contributed by atoms with E-state index in [2.05, 4.69) is 36.1 Å². The number of hydrogen-bond donors (Lipinski definition) is 4. The first-order valence-electron chi connectivity index (χ1n) is 25.8. The number of nitrogens with zero attached hydrogens (tertiary/aromatic N) is 6. The molecule has 1 aromatic carbocycles. The number of nitrogens with two attached hydrogens (primary N) is 1. The molecule has 3 rings (SSSR count). The van der Waals surface area contributed by atoms with Crippen LogP contribution >= 0.6 is 0 Å². The van der Waals surface area contributed by atoms with Crippen LogP contribution in [0.1, 0.15) is 164 Å². The monoisotopic (exact) mass is 1040 g/mol. The number of ether oxygens (including phenoxy) is 5. The molecule has 2 heterocycles. The second kappa shape index (κ2) is 29.7. The maximum absolute atomic E-state index is 13.3. The first kappa shape index (κ1) is 62.2. The molecule has 0 fully saturated rings. The largest absolute Gasteiger partial charge is 0.487 e. The van der Waals surface area contributed by atoms with Crippen molar-refractivity contribution in [2.75, 3.05) is 19.6 Å². The van der Waals surface area contributed by atoms with Crippen molar-refractivity contribution in [3.8, 4) is 5.75 Å². The quantitative estimate of drug-likeness (QED) is 0.0318. The Morgan fingerprint density at radius 2 is 1.30 bits per heavy atom. The second-order valence-electron chi connectivity index (χ2n) is 22.4. The molecule has 0 aliphatic heterocycles. The molecular weight excluding hydrogens is 953 g/mol. The Kier molecular flexibility index (Phi) is 25.0. The van der Waals surface area contributed by atoms with Gasteiger partial charge in [0.15, 0.2) is 0 Å². The van der Waals surface area contributed by atoms with Gasteiger partial charge in [-0.1, -0.05) is 23.8 Å². The van der Waals surface area contributed by atoms with E-state index in [-0.39, 0.29) is 44.3 Å². The highest BCUT2D eigenvalue weighted by molar-refractivity contribution is 5.87. The van der Waals surface area contributed by atoms with Gasteiger partial charge < -0.3 is 49.9 Å². The molecular formula is C53H86N10O11. The number of esters is 4. The van der Waals surface area contributed by atoms with Gasteiger partial charge in [0.1, 0.15) is 64.9 Å². The summed E-state index contributed by atoms with van der Waals surface area (Å²) >= 11 is 0. The van der Waals surface area contributed by atoms with Crippen LogP contribution in [0, 0.1) is 0 Å². The lowest BCUT2D eigenvalue weighted by atomic mass is 10.1. The maximum Gasteiger partial charge on any atom is 0.329 e. The van der Waals surface area contributed by atoms with Gasteiger partial charge in [0.05, 0.1) is 12.7 Å². The van der Waals surface area contributed by atoms with Crippen molar-refractivity contribution in [3.05, 3.63) is 59.9 Å². The molecule has 414 valence electrons. The smallest absolute Gasteiger partial charge is 0.329 e. The molecule has 0 saturated carbocycles. The first-order chi connectivity index (χ1) is 34.6. The van der Waals surface area contributed by atoms with E-state index in [9.17, 15) is 28.8 Å². The molecule has 5 N–H and O–H groups in total. The molecule has 0 aliphatic carbocycles. The lowest BCUT2D eigenvalue weighted by Crippen LogP contribution is -2.53. The van der Waals surface area contributed by atoms with Gasteiger partial charge in [-0.15, -0.1) is 5.10 Å². The number of hydrogen-bond acceptors (Lipinski definition) is 16. The summed E-state index contributed by atoms with van der Waals surface area (Å²) in [5, 5.41) is 16.5. The number of imidazole rings is 1. The Morgan fingerprint density at radius 3 is 1.91 bits per heavy atom. The molecule has 0 spiro atoms. The molecule has 2 atom stereocenters. The van der Waals surface area contributed by atoms with E-state index >= 15 is 0 Å². The zero-order chi connectivity index (χ0) is 55.1. The molecule has 0 saturated heterocycles. The van der Waals surface area contributed by atoms with Crippen molar-refractivity contribution in [1.82, 2.24) is 45.4 Å². The topological polar surface area (TPSA) is 262 Å². The van der Waals surface area contributed by atoms with Gasteiger partial charge in [-0.05, 0) is 159 Å². The normalized spacial score (nSPS) is 12.9. The van der Waals surface area contributed by atoms with E-state index in [0.29, 0.717) is 70.7 Å². The van der Waals surface area contributed by atoms with Gasteiger partial charge in [0, 0.05) is 44.9 Å². The average molecular weight is 1040 g/mol. The lowest BCUT2D eigenvalue weighted by molar-refractivity contribution is -0.159. The molecule has 3 aromatic rings. The predicted octanol–water partition coefficient (Wildman–Crippen LogP) is 6.43. The van der Waals surface area contributed by atoms with Crippen LogP contribution in [0.5, 0.6) is 5.75 Å².